The van der Waals surface area contributed by atoms with Crippen LogP contribution in [-0.2, 0) is 0 Å². The monoisotopic (exact) mass is 362 g/mol. The number of nitrogens with two attached hydrogens (primary N) is 1. The zero-order chi connectivity index (χ0) is 18.8. The van der Waals surface area contributed by atoms with Crippen molar-refractivity contribution in [2.75, 3.05) is 12.3 Å². The zero-order valence-electron chi connectivity index (χ0n) is 15.3. The molecule has 1 aliphatic heterocycles. The highest BCUT2D eigenvalue weighted by Crippen LogP contribution is 2.33. The fourth-order valence-corrected chi connectivity index (χ4v) is 3.53. The molecule has 2 heterocycles. The number of carbonyl (C=O) groups is 1. The highest BCUT2D eigenvalue weighted by Gasteiger charge is 2.33. The summed E-state index contributed by atoms with van der Waals surface area (Å²) >= 11 is 0. The van der Waals surface area contributed by atoms with Gasteiger partial charge in [0.25, 0.3) is 5.91 Å². The molecule has 1 amide bonds. The minimum atomic E-state index is -0.211. The summed E-state index contributed by atoms with van der Waals surface area (Å²) in [6.07, 6.45) is 2.79. The number of hydrogen-bond donors (Lipinski definition) is 1. The van der Waals surface area contributed by atoms with Gasteiger partial charge in [-0.1, -0.05) is 41.6 Å². The number of amides is 1. The molecule has 1 unspecified atom stereocenters. The molecule has 3 aromatic rings. The third kappa shape index (κ3) is 3.43. The predicted octanol–water partition coefficient (Wildman–Crippen LogP) is 3.99. The van der Waals surface area contributed by atoms with E-state index in [9.17, 15) is 4.79 Å². The van der Waals surface area contributed by atoms with Crippen molar-refractivity contribution in [2.24, 2.45) is 0 Å². The van der Waals surface area contributed by atoms with Crippen molar-refractivity contribution in [1.29, 1.82) is 0 Å². The Hall–Kier alpha value is -3.15. The third-order valence-corrected chi connectivity index (χ3v) is 5.01. The first-order chi connectivity index (χ1) is 13.1. The van der Waals surface area contributed by atoms with Crippen LogP contribution in [0.1, 0.15) is 47.1 Å². The molecule has 1 saturated heterocycles. The average Bonchev–Trinajstić information content (AvgIpc) is 3.20. The Bertz CT molecular complexity index is 952. The summed E-state index contributed by atoms with van der Waals surface area (Å²) in [6, 6.07) is 14.9. The molecule has 2 N–H and O–H groups in total. The molecule has 0 saturated carbocycles. The van der Waals surface area contributed by atoms with Crippen LogP contribution in [0.4, 0.5) is 5.69 Å². The number of aryl methyl sites for hydroxylation is 1. The van der Waals surface area contributed by atoms with E-state index < -0.39 is 0 Å². The van der Waals surface area contributed by atoms with Crippen LogP contribution in [0.25, 0.3) is 11.4 Å². The van der Waals surface area contributed by atoms with Gasteiger partial charge in [0, 0.05) is 23.4 Å². The number of rotatable bonds is 3. The highest BCUT2D eigenvalue weighted by atomic mass is 16.5. The number of aromatic nitrogens is 2. The zero-order valence-corrected chi connectivity index (χ0v) is 15.3. The minimum Gasteiger partial charge on any atom is -0.399 e. The van der Waals surface area contributed by atoms with Crippen LogP contribution in [0.2, 0.25) is 0 Å². The van der Waals surface area contributed by atoms with Gasteiger partial charge in [0.05, 0.1) is 0 Å². The van der Waals surface area contributed by atoms with Gasteiger partial charge >= 0.3 is 0 Å². The second-order valence-electron chi connectivity index (χ2n) is 6.91. The lowest BCUT2D eigenvalue weighted by molar-refractivity contribution is 0.0560. The first-order valence-electron chi connectivity index (χ1n) is 9.19. The van der Waals surface area contributed by atoms with Crippen molar-refractivity contribution in [3.63, 3.8) is 0 Å². The van der Waals surface area contributed by atoms with Crippen LogP contribution >= 0.6 is 0 Å². The molecular formula is C21H22N4O2. The predicted molar refractivity (Wildman–Crippen MR) is 103 cm³/mol. The molecule has 0 bridgehead atoms. The Balaban J connectivity index is 1.64. The Morgan fingerprint density at radius 3 is 2.81 bits per heavy atom. The molecule has 2 aromatic carbocycles. The Morgan fingerprint density at radius 2 is 2.00 bits per heavy atom. The fourth-order valence-electron chi connectivity index (χ4n) is 3.53. The molecule has 1 fully saturated rings. The molecule has 0 aliphatic carbocycles. The number of hydrogen-bond acceptors (Lipinski definition) is 5. The standard InChI is InChI=1S/C21H22N4O2/c1-14-10-11-16(22)13-17(14)21(26)25-12-6-5-9-18(25)20-23-19(24-27-20)15-7-3-2-4-8-15/h2-4,7-8,10-11,13,18H,5-6,9,12,22H2,1H3. The number of benzene rings is 2. The molecule has 1 atom stereocenters. The maximum absolute atomic E-state index is 13.2. The summed E-state index contributed by atoms with van der Waals surface area (Å²) in [5.74, 6) is 0.996. The normalized spacial score (nSPS) is 17.1. The topological polar surface area (TPSA) is 85.3 Å². The maximum atomic E-state index is 13.2. The van der Waals surface area contributed by atoms with Crippen molar-refractivity contribution < 1.29 is 9.32 Å². The SMILES string of the molecule is Cc1ccc(N)cc1C(=O)N1CCCCC1c1nc(-c2ccccc2)no1. The lowest BCUT2D eigenvalue weighted by atomic mass is 9.99. The van der Waals surface area contributed by atoms with E-state index in [-0.39, 0.29) is 11.9 Å². The molecule has 1 aliphatic rings. The van der Waals surface area contributed by atoms with E-state index in [4.69, 9.17) is 10.3 Å². The van der Waals surface area contributed by atoms with E-state index in [1.165, 1.54) is 0 Å². The van der Waals surface area contributed by atoms with Crippen LogP contribution in [0.5, 0.6) is 0 Å². The molecular weight excluding hydrogens is 340 g/mol. The fraction of sp³-hybridized carbons (Fsp3) is 0.286. The number of nitrogens with zero attached hydrogens (tertiary/aromatic N) is 3. The summed E-state index contributed by atoms with van der Waals surface area (Å²) < 4.78 is 5.55. The molecule has 138 valence electrons. The third-order valence-electron chi connectivity index (χ3n) is 5.01. The van der Waals surface area contributed by atoms with E-state index >= 15 is 0 Å². The minimum absolute atomic E-state index is 0.0380. The number of carbonyl (C=O) groups excluding carboxylic acids is 1. The van der Waals surface area contributed by atoms with Crippen LogP contribution in [0.15, 0.2) is 53.1 Å². The second kappa shape index (κ2) is 7.23. The van der Waals surface area contributed by atoms with Gasteiger partial charge in [-0.15, -0.1) is 0 Å². The summed E-state index contributed by atoms with van der Waals surface area (Å²) in [5.41, 5.74) is 8.92. The smallest absolute Gasteiger partial charge is 0.254 e. The van der Waals surface area contributed by atoms with Crippen LogP contribution in [0.3, 0.4) is 0 Å². The maximum Gasteiger partial charge on any atom is 0.254 e. The number of anilines is 1. The number of likely N-dealkylation sites (tertiary alicyclic amines) is 1. The largest absolute Gasteiger partial charge is 0.399 e. The van der Waals surface area contributed by atoms with Gasteiger partial charge in [-0.2, -0.15) is 4.98 Å². The van der Waals surface area contributed by atoms with Gasteiger partial charge in [-0.3, -0.25) is 4.79 Å². The summed E-state index contributed by atoms with van der Waals surface area (Å²) in [5, 5.41) is 4.12. The summed E-state index contributed by atoms with van der Waals surface area (Å²) in [6.45, 7) is 2.59. The number of piperidine rings is 1. The van der Waals surface area contributed by atoms with Gasteiger partial charge in [0.2, 0.25) is 11.7 Å². The molecule has 27 heavy (non-hydrogen) atoms. The second-order valence-corrected chi connectivity index (χ2v) is 6.91. The van der Waals surface area contributed by atoms with Gasteiger partial charge in [0.15, 0.2) is 0 Å². The van der Waals surface area contributed by atoms with Crippen LogP contribution in [-0.4, -0.2) is 27.5 Å². The van der Waals surface area contributed by atoms with Gasteiger partial charge in [-0.25, -0.2) is 0 Å². The Kier molecular flexibility index (Phi) is 4.62. The van der Waals surface area contributed by atoms with E-state index in [1.54, 1.807) is 6.07 Å². The Labute approximate surface area is 158 Å². The van der Waals surface area contributed by atoms with Gasteiger partial charge in [0.1, 0.15) is 6.04 Å². The molecule has 0 radical (unpaired) electrons. The lowest BCUT2D eigenvalue weighted by Crippen LogP contribution is -2.39. The molecule has 6 heteroatoms. The van der Waals surface area contributed by atoms with E-state index in [2.05, 4.69) is 10.1 Å². The molecule has 4 rings (SSSR count). The van der Waals surface area contributed by atoms with E-state index in [0.29, 0.717) is 29.5 Å². The Morgan fingerprint density at radius 1 is 1.19 bits per heavy atom. The van der Waals surface area contributed by atoms with E-state index in [0.717, 1.165) is 30.4 Å². The summed E-state index contributed by atoms with van der Waals surface area (Å²) in [7, 11) is 0. The van der Waals surface area contributed by atoms with Crippen molar-refractivity contribution in [2.45, 2.75) is 32.2 Å². The molecule has 6 nitrogen and oxygen atoms in total. The highest BCUT2D eigenvalue weighted by molar-refractivity contribution is 5.96. The quantitative estimate of drug-likeness (QED) is 0.712. The van der Waals surface area contributed by atoms with Crippen molar-refractivity contribution in [1.82, 2.24) is 15.0 Å². The lowest BCUT2D eigenvalue weighted by Gasteiger charge is -2.33. The van der Waals surface area contributed by atoms with Crippen LogP contribution in [0, 0.1) is 6.92 Å². The molecule has 1 aromatic heterocycles. The van der Waals surface area contributed by atoms with E-state index in [1.807, 2.05) is 54.3 Å². The van der Waals surface area contributed by atoms with Crippen molar-refractivity contribution in [3.05, 3.63) is 65.5 Å². The van der Waals surface area contributed by atoms with Gasteiger partial charge in [-0.05, 0) is 43.9 Å². The van der Waals surface area contributed by atoms with Crippen molar-refractivity contribution in [3.8, 4) is 11.4 Å². The van der Waals surface area contributed by atoms with Crippen molar-refractivity contribution >= 4 is 11.6 Å². The summed E-state index contributed by atoms with van der Waals surface area (Å²) in [4.78, 5) is 19.6. The average molecular weight is 362 g/mol. The van der Waals surface area contributed by atoms with Gasteiger partial charge < -0.3 is 15.2 Å². The first kappa shape index (κ1) is 17.3. The number of nitrogen functional groups attached to an aromatic ring is 1. The van der Waals surface area contributed by atoms with Crippen LogP contribution < -0.4 is 5.73 Å². The first-order valence-corrected chi connectivity index (χ1v) is 9.19. The molecule has 0 spiro atoms.